The Labute approximate surface area is 134 Å². The van der Waals surface area contributed by atoms with Crippen molar-refractivity contribution in [1.82, 2.24) is 20.1 Å². The van der Waals surface area contributed by atoms with Crippen LogP contribution in [0.25, 0.3) is 0 Å². The lowest BCUT2D eigenvalue weighted by molar-refractivity contribution is 0.141. The zero-order chi connectivity index (χ0) is 15.8. The van der Waals surface area contributed by atoms with Crippen LogP contribution in [0.3, 0.4) is 0 Å². The monoisotopic (exact) mass is 305 g/mol. The highest BCUT2D eigenvalue weighted by Crippen LogP contribution is 2.17. The second-order valence-electron chi connectivity index (χ2n) is 6.40. The van der Waals surface area contributed by atoms with Crippen LogP contribution in [0.15, 0.2) is 29.5 Å². The standard InChI is InChI=1S/C17H31N5/c1-15(2)22-11-6-7-16(14-22)13-20-17(18-3)19-8-12-21-9-4-5-10-21/h4-5,9-10,15-16H,6-8,11-14H2,1-3H3,(H2,18,19,20). The normalized spacial score (nSPS) is 20.4. The predicted octanol–water partition coefficient (Wildman–Crippen LogP) is 1.77. The molecule has 1 saturated heterocycles. The summed E-state index contributed by atoms with van der Waals surface area (Å²) in [6.07, 6.45) is 6.79. The average Bonchev–Trinajstić information content (AvgIpc) is 3.04. The third kappa shape index (κ3) is 5.37. The molecule has 2 N–H and O–H groups in total. The maximum absolute atomic E-state index is 4.32. The van der Waals surface area contributed by atoms with E-state index in [9.17, 15) is 0 Å². The number of nitrogens with zero attached hydrogens (tertiary/aromatic N) is 3. The van der Waals surface area contributed by atoms with Gasteiger partial charge in [-0.25, -0.2) is 0 Å². The smallest absolute Gasteiger partial charge is 0.191 e. The summed E-state index contributed by atoms with van der Waals surface area (Å²) in [6, 6.07) is 4.76. The molecule has 1 fully saturated rings. The molecule has 1 aromatic rings. The van der Waals surface area contributed by atoms with Gasteiger partial charge in [0.1, 0.15) is 0 Å². The first-order valence-electron chi connectivity index (χ1n) is 8.48. The fraction of sp³-hybridized carbons (Fsp3) is 0.706. The van der Waals surface area contributed by atoms with E-state index in [1.54, 1.807) is 0 Å². The molecule has 1 unspecified atom stereocenters. The minimum Gasteiger partial charge on any atom is -0.356 e. The number of aromatic nitrogens is 1. The molecule has 0 amide bonds. The van der Waals surface area contributed by atoms with Crippen LogP contribution in [0.2, 0.25) is 0 Å². The summed E-state index contributed by atoms with van der Waals surface area (Å²) in [5.74, 6) is 1.63. The second-order valence-corrected chi connectivity index (χ2v) is 6.40. The molecule has 0 aliphatic carbocycles. The predicted molar refractivity (Wildman–Crippen MR) is 93.2 cm³/mol. The molecule has 1 aliphatic heterocycles. The van der Waals surface area contributed by atoms with E-state index in [0.29, 0.717) is 6.04 Å². The van der Waals surface area contributed by atoms with Gasteiger partial charge in [-0.3, -0.25) is 4.99 Å². The molecule has 124 valence electrons. The third-order valence-electron chi connectivity index (χ3n) is 4.39. The molecule has 0 saturated carbocycles. The number of nitrogens with one attached hydrogen (secondary N) is 2. The number of aliphatic imine (C=N–C) groups is 1. The molecule has 0 spiro atoms. The molecule has 2 rings (SSSR count). The molecular weight excluding hydrogens is 274 g/mol. The highest BCUT2D eigenvalue weighted by molar-refractivity contribution is 5.79. The van der Waals surface area contributed by atoms with E-state index in [1.165, 1.54) is 25.9 Å². The van der Waals surface area contributed by atoms with Gasteiger partial charge in [0.05, 0.1) is 0 Å². The van der Waals surface area contributed by atoms with Crippen LogP contribution >= 0.6 is 0 Å². The zero-order valence-corrected chi connectivity index (χ0v) is 14.3. The van der Waals surface area contributed by atoms with Crippen molar-refractivity contribution in [2.45, 2.75) is 39.3 Å². The number of piperidine rings is 1. The van der Waals surface area contributed by atoms with Gasteiger partial charge in [0.2, 0.25) is 0 Å². The van der Waals surface area contributed by atoms with Crippen LogP contribution in [0, 0.1) is 5.92 Å². The molecule has 1 aromatic heterocycles. The van der Waals surface area contributed by atoms with E-state index in [1.807, 2.05) is 7.05 Å². The molecule has 0 radical (unpaired) electrons. The first-order valence-corrected chi connectivity index (χ1v) is 8.48. The van der Waals surface area contributed by atoms with Crippen molar-refractivity contribution in [1.29, 1.82) is 0 Å². The van der Waals surface area contributed by atoms with Crippen LogP contribution in [0.4, 0.5) is 0 Å². The quantitative estimate of drug-likeness (QED) is 0.622. The average molecular weight is 305 g/mol. The SMILES string of the molecule is CN=C(NCCn1cccc1)NCC1CCCN(C(C)C)C1. The van der Waals surface area contributed by atoms with Crippen LogP contribution in [-0.2, 0) is 6.54 Å². The summed E-state index contributed by atoms with van der Waals surface area (Å²) in [5, 5.41) is 6.87. The van der Waals surface area contributed by atoms with Crippen LogP contribution in [-0.4, -0.2) is 54.7 Å². The van der Waals surface area contributed by atoms with Crippen molar-refractivity contribution >= 4 is 5.96 Å². The number of likely N-dealkylation sites (tertiary alicyclic amines) is 1. The molecule has 2 heterocycles. The largest absolute Gasteiger partial charge is 0.356 e. The van der Waals surface area contributed by atoms with Gasteiger partial charge in [0.15, 0.2) is 5.96 Å². The lowest BCUT2D eigenvalue weighted by Crippen LogP contribution is -2.46. The molecule has 1 atom stereocenters. The van der Waals surface area contributed by atoms with E-state index >= 15 is 0 Å². The second kappa shape index (κ2) is 8.83. The van der Waals surface area contributed by atoms with E-state index < -0.39 is 0 Å². The van der Waals surface area contributed by atoms with E-state index in [2.05, 4.69) is 63.5 Å². The molecular formula is C17H31N5. The highest BCUT2D eigenvalue weighted by atomic mass is 15.2. The van der Waals surface area contributed by atoms with Crippen LogP contribution in [0.5, 0.6) is 0 Å². The van der Waals surface area contributed by atoms with Crippen LogP contribution < -0.4 is 10.6 Å². The Morgan fingerprint density at radius 3 is 2.73 bits per heavy atom. The van der Waals surface area contributed by atoms with E-state index in [0.717, 1.165) is 31.5 Å². The number of guanidine groups is 1. The van der Waals surface area contributed by atoms with Gasteiger partial charge in [-0.2, -0.15) is 0 Å². The maximum Gasteiger partial charge on any atom is 0.191 e. The van der Waals surface area contributed by atoms with Crippen LogP contribution in [0.1, 0.15) is 26.7 Å². The Morgan fingerprint density at radius 2 is 2.05 bits per heavy atom. The third-order valence-corrected chi connectivity index (χ3v) is 4.39. The maximum atomic E-state index is 4.32. The van der Waals surface area contributed by atoms with Crippen molar-refractivity contribution < 1.29 is 0 Å². The minimum absolute atomic E-state index is 0.654. The molecule has 5 nitrogen and oxygen atoms in total. The highest BCUT2D eigenvalue weighted by Gasteiger charge is 2.21. The lowest BCUT2D eigenvalue weighted by Gasteiger charge is -2.35. The van der Waals surface area contributed by atoms with Crippen molar-refractivity contribution in [3.8, 4) is 0 Å². The number of hydrogen-bond donors (Lipinski definition) is 2. The Morgan fingerprint density at radius 1 is 1.27 bits per heavy atom. The van der Waals surface area contributed by atoms with Gasteiger partial charge in [0, 0.05) is 51.7 Å². The topological polar surface area (TPSA) is 44.6 Å². The van der Waals surface area contributed by atoms with E-state index in [4.69, 9.17) is 0 Å². The first kappa shape index (κ1) is 16.9. The minimum atomic E-state index is 0.654. The Balaban J connectivity index is 1.67. The Kier molecular flexibility index (Phi) is 6.77. The Hall–Kier alpha value is -1.49. The summed E-state index contributed by atoms with van der Waals surface area (Å²) in [7, 11) is 1.84. The fourth-order valence-electron chi connectivity index (χ4n) is 3.02. The first-order chi connectivity index (χ1) is 10.7. The van der Waals surface area contributed by atoms with Gasteiger partial charge < -0.3 is 20.1 Å². The van der Waals surface area contributed by atoms with Crippen molar-refractivity contribution in [3.63, 3.8) is 0 Å². The van der Waals surface area contributed by atoms with Gasteiger partial charge in [0.25, 0.3) is 0 Å². The molecule has 22 heavy (non-hydrogen) atoms. The fourth-order valence-corrected chi connectivity index (χ4v) is 3.02. The summed E-state index contributed by atoms with van der Waals surface area (Å²) >= 11 is 0. The summed E-state index contributed by atoms with van der Waals surface area (Å²) < 4.78 is 2.17. The molecule has 1 aliphatic rings. The lowest BCUT2D eigenvalue weighted by atomic mass is 9.97. The molecule has 5 heteroatoms. The van der Waals surface area contributed by atoms with Gasteiger partial charge in [-0.1, -0.05) is 0 Å². The number of rotatable bonds is 6. The van der Waals surface area contributed by atoms with Crippen molar-refractivity contribution in [2.24, 2.45) is 10.9 Å². The van der Waals surface area contributed by atoms with E-state index in [-0.39, 0.29) is 0 Å². The summed E-state index contributed by atoms with van der Waals surface area (Å²) in [4.78, 5) is 6.90. The van der Waals surface area contributed by atoms with Gasteiger partial charge in [-0.05, 0) is 51.3 Å². The van der Waals surface area contributed by atoms with Gasteiger partial charge in [-0.15, -0.1) is 0 Å². The van der Waals surface area contributed by atoms with Crippen molar-refractivity contribution in [3.05, 3.63) is 24.5 Å². The molecule has 0 aromatic carbocycles. The summed E-state index contributed by atoms with van der Waals surface area (Å²) in [5.41, 5.74) is 0. The van der Waals surface area contributed by atoms with Gasteiger partial charge >= 0.3 is 0 Å². The Bertz CT molecular complexity index is 438. The van der Waals surface area contributed by atoms with Crippen molar-refractivity contribution in [2.75, 3.05) is 33.2 Å². The zero-order valence-electron chi connectivity index (χ0n) is 14.3. The summed E-state index contributed by atoms with van der Waals surface area (Å²) in [6.45, 7) is 9.87. The molecule has 0 bridgehead atoms. The number of hydrogen-bond acceptors (Lipinski definition) is 2.